The maximum atomic E-state index is 12.6. The minimum atomic E-state index is -4.39. The van der Waals surface area contributed by atoms with E-state index in [9.17, 15) is 19.0 Å². The molecule has 0 saturated heterocycles. The Balaban J connectivity index is 4.12. The zero-order chi connectivity index (χ0) is 43.2. The maximum absolute atomic E-state index is 12.6. The zero-order valence-electron chi connectivity index (χ0n) is 38.2. The van der Waals surface area contributed by atoms with Gasteiger partial charge in [-0.25, -0.2) is 4.57 Å². The number of allylic oxidation sites excluding steroid dienone is 6. The number of carbonyl (C=O) groups excluding carboxylic acids is 2. The van der Waals surface area contributed by atoms with Crippen molar-refractivity contribution in [2.75, 3.05) is 26.4 Å². The minimum Gasteiger partial charge on any atom is -0.462 e. The topological polar surface area (TPSA) is 134 Å². The van der Waals surface area contributed by atoms with Crippen LogP contribution in [0.15, 0.2) is 36.5 Å². The Morgan fingerprint density at radius 3 is 1.31 bits per heavy atom. The van der Waals surface area contributed by atoms with E-state index in [1.54, 1.807) is 0 Å². The molecule has 0 aliphatic heterocycles. The van der Waals surface area contributed by atoms with Gasteiger partial charge in [0.15, 0.2) is 6.10 Å². The Labute approximate surface area is 363 Å². The monoisotopic (exact) mass is 854 g/mol. The molecular weight excluding hydrogens is 762 g/mol. The van der Waals surface area contributed by atoms with Crippen LogP contribution in [0.5, 0.6) is 0 Å². The Morgan fingerprint density at radius 1 is 0.492 bits per heavy atom. The van der Waals surface area contributed by atoms with Crippen LogP contribution in [0.3, 0.4) is 0 Å². The number of nitrogens with two attached hydrogens (primary N) is 1. The highest BCUT2D eigenvalue weighted by Gasteiger charge is 2.26. The number of hydrogen-bond acceptors (Lipinski definition) is 8. The van der Waals surface area contributed by atoms with Crippen molar-refractivity contribution < 1.29 is 37.6 Å². The molecule has 0 saturated carbocycles. The maximum Gasteiger partial charge on any atom is 0.472 e. The lowest BCUT2D eigenvalue weighted by Crippen LogP contribution is -2.29. The fraction of sp³-hybridized carbons (Fsp3) is 0.837. The fourth-order valence-electron chi connectivity index (χ4n) is 6.83. The highest BCUT2D eigenvalue weighted by atomic mass is 31.2. The molecule has 0 aromatic heterocycles. The number of esters is 2. The Morgan fingerprint density at radius 2 is 0.864 bits per heavy atom. The van der Waals surface area contributed by atoms with Crippen LogP contribution in [0.4, 0.5) is 0 Å². The molecule has 0 fully saturated rings. The second kappa shape index (κ2) is 45.7. The van der Waals surface area contributed by atoms with Crippen molar-refractivity contribution in [1.29, 1.82) is 0 Å². The van der Waals surface area contributed by atoms with Crippen LogP contribution in [0.1, 0.15) is 232 Å². The molecule has 0 aromatic rings. The summed E-state index contributed by atoms with van der Waals surface area (Å²) >= 11 is 0. The van der Waals surface area contributed by atoms with Crippen LogP contribution >= 0.6 is 7.82 Å². The van der Waals surface area contributed by atoms with Gasteiger partial charge in [-0.1, -0.05) is 185 Å². The summed E-state index contributed by atoms with van der Waals surface area (Å²) in [4.78, 5) is 34.9. The number of phosphoric acid groups is 1. The third kappa shape index (κ3) is 45.6. The molecule has 0 rings (SSSR count). The van der Waals surface area contributed by atoms with Crippen molar-refractivity contribution in [3.05, 3.63) is 36.5 Å². The van der Waals surface area contributed by atoms with Crippen molar-refractivity contribution in [3.8, 4) is 0 Å². The molecule has 0 radical (unpaired) electrons. The lowest BCUT2D eigenvalue weighted by atomic mass is 10.0. The van der Waals surface area contributed by atoms with E-state index in [0.717, 1.165) is 51.4 Å². The van der Waals surface area contributed by atoms with Gasteiger partial charge in [0.2, 0.25) is 0 Å². The molecule has 0 aromatic carbocycles. The molecule has 59 heavy (non-hydrogen) atoms. The average Bonchev–Trinajstić information content (AvgIpc) is 3.22. The number of carbonyl (C=O) groups is 2. The van der Waals surface area contributed by atoms with Gasteiger partial charge < -0.3 is 20.1 Å². The molecule has 346 valence electrons. The van der Waals surface area contributed by atoms with E-state index >= 15 is 0 Å². The van der Waals surface area contributed by atoms with Gasteiger partial charge in [0.05, 0.1) is 13.2 Å². The minimum absolute atomic E-state index is 0.0459. The van der Waals surface area contributed by atoms with Crippen molar-refractivity contribution in [1.82, 2.24) is 0 Å². The van der Waals surface area contributed by atoms with E-state index in [1.807, 2.05) is 0 Å². The van der Waals surface area contributed by atoms with Gasteiger partial charge in [0.1, 0.15) is 6.61 Å². The summed E-state index contributed by atoms with van der Waals surface area (Å²) in [5.41, 5.74) is 5.35. The van der Waals surface area contributed by atoms with Crippen LogP contribution in [0.25, 0.3) is 0 Å². The SMILES string of the molecule is CCCCCCCCCC/C=C/CCCCCC(=O)OC[C@H](COP(=O)(O)OCCN)OC(=O)CCC/C=C/CC/C=C/CCCCCCCCCCCCCCCC. The molecule has 9 nitrogen and oxygen atoms in total. The lowest BCUT2D eigenvalue weighted by Gasteiger charge is -2.19. The number of rotatable bonds is 46. The highest BCUT2D eigenvalue weighted by molar-refractivity contribution is 7.47. The largest absolute Gasteiger partial charge is 0.472 e. The average molecular weight is 854 g/mol. The first-order chi connectivity index (χ1) is 28.8. The van der Waals surface area contributed by atoms with Gasteiger partial charge in [-0.05, 0) is 70.6 Å². The number of ether oxygens (including phenoxy) is 2. The van der Waals surface area contributed by atoms with Gasteiger partial charge in [0, 0.05) is 19.4 Å². The Hall–Kier alpha value is -1.77. The molecule has 10 heteroatoms. The van der Waals surface area contributed by atoms with E-state index < -0.39 is 32.5 Å². The number of phosphoric ester groups is 1. The summed E-state index contributed by atoms with van der Waals surface area (Å²) in [6.07, 6.45) is 52.0. The highest BCUT2D eigenvalue weighted by Crippen LogP contribution is 2.43. The van der Waals surface area contributed by atoms with E-state index in [4.69, 9.17) is 24.3 Å². The van der Waals surface area contributed by atoms with Gasteiger partial charge in [0.25, 0.3) is 0 Å². The van der Waals surface area contributed by atoms with Crippen molar-refractivity contribution in [2.24, 2.45) is 5.73 Å². The molecule has 0 amide bonds. The molecule has 0 bridgehead atoms. The molecule has 2 atom stereocenters. The third-order valence-electron chi connectivity index (χ3n) is 10.5. The van der Waals surface area contributed by atoms with Crippen molar-refractivity contribution >= 4 is 19.8 Å². The Kier molecular flexibility index (Phi) is 44.4. The summed E-state index contributed by atoms with van der Waals surface area (Å²) in [7, 11) is -4.39. The van der Waals surface area contributed by atoms with Gasteiger partial charge in [-0.15, -0.1) is 0 Å². The lowest BCUT2D eigenvalue weighted by molar-refractivity contribution is -0.161. The predicted octanol–water partition coefficient (Wildman–Crippen LogP) is 14.5. The molecule has 3 N–H and O–H groups in total. The van der Waals surface area contributed by atoms with Crippen LogP contribution < -0.4 is 5.73 Å². The van der Waals surface area contributed by atoms with E-state index in [0.29, 0.717) is 12.8 Å². The number of unbranched alkanes of at least 4 members (excludes halogenated alkanes) is 27. The van der Waals surface area contributed by atoms with Crippen LogP contribution in [0, 0.1) is 0 Å². The molecule has 0 spiro atoms. The molecule has 0 aliphatic rings. The molecule has 0 aliphatic carbocycles. The second-order valence-corrected chi connectivity index (χ2v) is 17.8. The first kappa shape index (κ1) is 57.2. The van der Waals surface area contributed by atoms with Crippen LogP contribution in [0.2, 0.25) is 0 Å². The van der Waals surface area contributed by atoms with Crippen LogP contribution in [-0.2, 0) is 32.7 Å². The van der Waals surface area contributed by atoms with E-state index in [2.05, 4.69) is 50.3 Å². The normalized spacial score (nSPS) is 13.5. The first-order valence-corrected chi connectivity index (χ1v) is 26.0. The number of hydrogen-bond donors (Lipinski definition) is 2. The zero-order valence-corrected chi connectivity index (χ0v) is 39.1. The van der Waals surface area contributed by atoms with E-state index in [-0.39, 0.29) is 32.6 Å². The Bertz CT molecular complexity index is 1060. The summed E-state index contributed by atoms with van der Waals surface area (Å²) in [5.74, 6) is -0.891. The summed E-state index contributed by atoms with van der Waals surface area (Å²) in [6, 6.07) is 0. The summed E-state index contributed by atoms with van der Waals surface area (Å²) < 4.78 is 32.8. The molecule has 0 heterocycles. The second-order valence-electron chi connectivity index (χ2n) is 16.3. The fourth-order valence-corrected chi connectivity index (χ4v) is 7.59. The predicted molar refractivity (Wildman–Crippen MR) is 247 cm³/mol. The molecule has 1 unspecified atom stereocenters. The quantitative estimate of drug-likeness (QED) is 0.0265. The van der Waals surface area contributed by atoms with Gasteiger partial charge in [-0.2, -0.15) is 0 Å². The third-order valence-corrected chi connectivity index (χ3v) is 11.5. The smallest absolute Gasteiger partial charge is 0.462 e. The van der Waals surface area contributed by atoms with Crippen molar-refractivity contribution in [2.45, 2.75) is 238 Å². The van der Waals surface area contributed by atoms with Gasteiger partial charge >= 0.3 is 19.8 Å². The van der Waals surface area contributed by atoms with Crippen molar-refractivity contribution in [3.63, 3.8) is 0 Å². The molecular formula is C49H92NO8P. The first-order valence-electron chi connectivity index (χ1n) is 24.5. The summed E-state index contributed by atoms with van der Waals surface area (Å²) in [6.45, 7) is 3.70. The standard InChI is InChI=1S/C49H92NO8P/c1-3-5-7-9-11-13-15-17-19-20-21-22-23-24-25-26-28-30-32-34-36-38-40-42-49(52)58-47(46-57-59(53,54)56-44-43-50)45-55-48(51)41-39-37-35-33-31-29-27-18-16-14-12-10-8-6-4-2/h26,28-29,31,34,36,47H,3-25,27,30,32-33,35,37-46,50H2,1-2H3,(H,53,54)/b28-26+,31-29+,36-34+/t47-/m1/s1. The summed E-state index contributed by atoms with van der Waals surface area (Å²) in [5, 5.41) is 0. The van der Waals surface area contributed by atoms with E-state index in [1.165, 1.54) is 141 Å². The van der Waals surface area contributed by atoms with Crippen LogP contribution in [-0.4, -0.2) is 49.3 Å². The van der Waals surface area contributed by atoms with Gasteiger partial charge in [-0.3, -0.25) is 18.6 Å².